The average molecular weight is 197 g/mol. The Hall–Kier alpha value is 0.260. The first-order valence-corrected chi connectivity index (χ1v) is 6.70. The van der Waals surface area contributed by atoms with Gasteiger partial charge in [0.2, 0.25) is 10.0 Å². The van der Waals surface area contributed by atoms with Gasteiger partial charge in [0.15, 0.2) is 0 Å². The van der Waals surface area contributed by atoms with E-state index in [9.17, 15) is 8.42 Å². The van der Waals surface area contributed by atoms with Gasteiger partial charge in [-0.3, -0.25) is 0 Å². The van der Waals surface area contributed by atoms with E-state index in [4.69, 9.17) is 0 Å². The fourth-order valence-electron chi connectivity index (χ4n) is 0.719. The van der Waals surface area contributed by atoms with Crippen LogP contribution in [0.3, 0.4) is 0 Å². The third-order valence-electron chi connectivity index (χ3n) is 1.17. The van der Waals surface area contributed by atoms with Crippen LogP contribution >= 0.6 is 11.8 Å². The predicted octanol–water partition coefficient (Wildman–Crippen LogP) is 0.677. The van der Waals surface area contributed by atoms with E-state index in [1.807, 2.05) is 13.2 Å². The van der Waals surface area contributed by atoms with Gasteiger partial charge >= 0.3 is 0 Å². The molecule has 3 nitrogen and oxygen atoms in total. The number of rotatable bonds is 5. The summed E-state index contributed by atoms with van der Waals surface area (Å²) in [4.78, 5) is 0. The van der Waals surface area contributed by atoms with Crippen LogP contribution in [0.25, 0.3) is 0 Å². The molecule has 11 heavy (non-hydrogen) atoms. The molecule has 0 aromatic heterocycles. The second kappa shape index (κ2) is 5.00. The van der Waals surface area contributed by atoms with Crippen molar-refractivity contribution >= 4 is 21.8 Å². The summed E-state index contributed by atoms with van der Waals surface area (Å²) < 4.78 is 23.9. The summed E-state index contributed by atoms with van der Waals surface area (Å²) >= 11 is 1.72. The number of hydrogen-bond donors (Lipinski definition) is 1. The van der Waals surface area contributed by atoms with Crippen molar-refractivity contribution in [3.63, 3.8) is 0 Å². The van der Waals surface area contributed by atoms with Crippen molar-refractivity contribution in [2.24, 2.45) is 0 Å². The zero-order chi connectivity index (χ0) is 8.91. The molecule has 0 aromatic rings. The number of sulfonamides is 1. The molecule has 0 saturated heterocycles. The fourth-order valence-corrected chi connectivity index (χ4v) is 2.16. The van der Waals surface area contributed by atoms with Crippen molar-refractivity contribution in [3.05, 3.63) is 0 Å². The predicted molar refractivity (Wildman–Crippen MR) is 50.4 cm³/mol. The van der Waals surface area contributed by atoms with Crippen LogP contribution in [0, 0.1) is 0 Å². The highest BCUT2D eigenvalue weighted by Gasteiger charge is 2.06. The lowest BCUT2D eigenvalue weighted by Crippen LogP contribution is -2.31. The third-order valence-corrected chi connectivity index (χ3v) is 2.64. The van der Waals surface area contributed by atoms with E-state index in [0.717, 1.165) is 12.2 Å². The van der Waals surface area contributed by atoms with Crippen molar-refractivity contribution in [2.75, 3.05) is 18.3 Å². The standard InChI is InChI=1S/C6H15NO2S2/c1-6(4-5-10-2)7-11(3,8)9/h6-7H,4-5H2,1-3H3. The molecule has 0 amide bonds. The second-order valence-corrected chi connectivity index (χ2v) is 5.34. The first kappa shape index (κ1) is 11.3. The van der Waals surface area contributed by atoms with Crippen molar-refractivity contribution in [1.29, 1.82) is 0 Å². The molecule has 68 valence electrons. The summed E-state index contributed by atoms with van der Waals surface area (Å²) in [7, 11) is -3.01. The van der Waals surface area contributed by atoms with E-state index in [2.05, 4.69) is 4.72 Å². The molecule has 0 saturated carbocycles. The Balaban J connectivity index is 3.61. The molecule has 5 heteroatoms. The average Bonchev–Trinajstić information content (AvgIpc) is 1.79. The molecular formula is C6H15NO2S2. The molecule has 0 bridgehead atoms. The minimum Gasteiger partial charge on any atom is -0.213 e. The Labute approximate surface area is 73.0 Å². The zero-order valence-electron chi connectivity index (χ0n) is 7.12. The quantitative estimate of drug-likeness (QED) is 0.705. The Morgan fingerprint density at radius 2 is 2.09 bits per heavy atom. The molecule has 0 aliphatic heterocycles. The van der Waals surface area contributed by atoms with Crippen LogP contribution in [0.1, 0.15) is 13.3 Å². The summed E-state index contributed by atoms with van der Waals surface area (Å²) in [5.41, 5.74) is 0. The molecule has 0 rings (SSSR count). The summed E-state index contributed by atoms with van der Waals surface area (Å²) in [6, 6.07) is 0.0532. The normalized spacial score (nSPS) is 14.8. The molecule has 0 radical (unpaired) electrons. The second-order valence-electron chi connectivity index (χ2n) is 2.57. The van der Waals surface area contributed by atoms with Gasteiger partial charge in [-0.25, -0.2) is 13.1 Å². The molecule has 0 spiro atoms. The maximum absolute atomic E-state index is 10.7. The van der Waals surface area contributed by atoms with Crippen LogP contribution in [0.5, 0.6) is 0 Å². The van der Waals surface area contributed by atoms with Gasteiger partial charge in [-0.2, -0.15) is 11.8 Å². The van der Waals surface area contributed by atoms with Gasteiger partial charge in [0.25, 0.3) is 0 Å². The molecule has 0 heterocycles. The Bertz CT molecular complexity index is 189. The topological polar surface area (TPSA) is 46.2 Å². The first-order chi connectivity index (χ1) is 4.95. The highest BCUT2D eigenvalue weighted by atomic mass is 32.2. The maximum atomic E-state index is 10.7. The largest absolute Gasteiger partial charge is 0.213 e. The van der Waals surface area contributed by atoms with Crippen LogP contribution in [0.4, 0.5) is 0 Å². The van der Waals surface area contributed by atoms with Gasteiger partial charge in [0, 0.05) is 6.04 Å². The van der Waals surface area contributed by atoms with Crippen molar-refractivity contribution in [2.45, 2.75) is 19.4 Å². The van der Waals surface area contributed by atoms with Crippen LogP contribution in [0.15, 0.2) is 0 Å². The highest BCUT2D eigenvalue weighted by Crippen LogP contribution is 2.00. The molecule has 0 fully saturated rings. The minimum atomic E-state index is -3.01. The maximum Gasteiger partial charge on any atom is 0.208 e. The molecule has 0 aliphatic carbocycles. The Morgan fingerprint density at radius 1 is 1.55 bits per heavy atom. The highest BCUT2D eigenvalue weighted by molar-refractivity contribution is 7.98. The van der Waals surface area contributed by atoms with Gasteiger partial charge in [-0.05, 0) is 25.4 Å². The van der Waals surface area contributed by atoms with Crippen LogP contribution < -0.4 is 4.72 Å². The van der Waals surface area contributed by atoms with E-state index in [1.54, 1.807) is 11.8 Å². The lowest BCUT2D eigenvalue weighted by Gasteiger charge is -2.10. The monoisotopic (exact) mass is 197 g/mol. The minimum absolute atomic E-state index is 0.0532. The van der Waals surface area contributed by atoms with Gasteiger partial charge in [0.05, 0.1) is 6.26 Å². The SMILES string of the molecule is CSCCC(C)NS(C)(=O)=O. The van der Waals surface area contributed by atoms with Gasteiger partial charge in [0.1, 0.15) is 0 Å². The fraction of sp³-hybridized carbons (Fsp3) is 1.00. The first-order valence-electron chi connectivity index (χ1n) is 3.42. The summed E-state index contributed by atoms with van der Waals surface area (Å²) in [6.07, 6.45) is 4.07. The lowest BCUT2D eigenvalue weighted by molar-refractivity contribution is 0.563. The molecule has 1 atom stereocenters. The lowest BCUT2D eigenvalue weighted by atomic mass is 10.3. The third kappa shape index (κ3) is 8.16. The molecule has 1 unspecified atom stereocenters. The molecule has 1 N–H and O–H groups in total. The number of hydrogen-bond acceptors (Lipinski definition) is 3. The Morgan fingerprint density at radius 3 is 2.45 bits per heavy atom. The molecular weight excluding hydrogens is 182 g/mol. The van der Waals surface area contributed by atoms with Gasteiger partial charge < -0.3 is 0 Å². The summed E-state index contributed by atoms with van der Waals surface area (Å²) in [5, 5.41) is 0. The summed E-state index contributed by atoms with van der Waals surface area (Å²) in [5.74, 6) is 0.990. The van der Waals surface area contributed by atoms with Crippen molar-refractivity contribution in [3.8, 4) is 0 Å². The van der Waals surface area contributed by atoms with E-state index in [0.29, 0.717) is 0 Å². The Kier molecular flexibility index (Phi) is 5.12. The van der Waals surface area contributed by atoms with Crippen LogP contribution in [0.2, 0.25) is 0 Å². The van der Waals surface area contributed by atoms with E-state index >= 15 is 0 Å². The van der Waals surface area contributed by atoms with Crippen molar-refractivity contribution < 1.29 is 8.42 Å². The van der Waals surface area contributed by atoms with E-state index < -0.39 is 10.0 Å². The number of thioether (sulfide) groups is 1. The van der Waals surface area contributed by atoms with E-state index in [-0.39, 0.29) is 6.04 Å². The number of nitrogens with one attached hydrogen (secondary N) is 1. The van der Waals surface area contributed by atoms with E-state index in [1.165, 1.54) is 6.26 Å². The molecule has 0 aromatic carbocycles. The smallest absolute Gasteiger partial charge is 0.208 e. The van der Waals surface area contributed by atoms with Gasteiger partial charge in [-0.1, -0.05) is 0 Å². The molecule has 0 aliphatic rings. The zero-order valence-corrected chi connectivity index (χ0v) is 8.76. The van der Waals surface area contributed by atoms with Gasteiger partial charge in [-0.15, -0.1) is 0 Å². The van der Waals surface area contributed by atoms with Crippen LogP contribution in [-0.4, -0.2) is 32.7 Å². The summed E-state index contributed by atoms with van der Waals surface area (Å²) in [6.45, 7) is 1.87. The van der Waals surface area contributed by atoms with Crippen LogP contribution in [-0.2, 0) is 10.0 Å². The van der Waals surface area contributed by atoms with Crippen molar-refractivity contribution in [1.82, 2.24) is 4.72 Å².